The molecule has 6 heteroatoms. The molecule has 2 N–H and O–H groups in total. The Bertz CT molecular complexity index is 697. The molecule has 2 rings (SSSR count). The summed E-state index contributed by atoms with van der Waals surface area (Å²) in [5.74, 6) is -1.21. The van der Waals surface area contributed by atoms with E-state index in [4.69, 9.17) is 0 Å². The number of rotatable bonds is 5. The third-order valence-electron chi connectivity index (χ3n) is 3.75. The minimum absolute atomic E-state index is 0.0455. The SMILES string of the molecule is CCCC(c1ccc(F)cc1)(c1ccccc1F)P(=O)(O)O. The van der Waals surface area contributed by atoms with Crippen LogP contribution in [-0.2, 0) is 9.72 Å². The summed E-state index contributed by atoms with van der Waals surface area (Å²) >= 11 is 0. The van der Waals surface area contributed by atoms with E-state index in [0.717, 1.165) is 12.1 Å². The monoisotopic (exact) mass is 326 g/mol. The van der Waals surface area contributed by atoms with Crippen molar-refractivity contribution in [2.24, 2.45) is 0 Å². The molecular formula is C16H17F2O3P. The fraction of sp³-hybridized carbons (Fsp3) is 0.250. The van der Waals surface area contributed by atoms with Crippen LogP contribution in [0.25, 0.3) is 0 Å². The molecule has 22 heavy (non-hydrogen) atoms. The van der Waals surface area contributed by atoms with Gasteiger partial charge in [0, 0.05) is 5.56 Å². The number of halogens is 2. The molecule has 0 saturated heterocycles. The molecule has 0 aromatic heterocycles. The predicted octanol–water partition coefficient (Wildman–Crippen LogP) is 4.19. The minimum atomic E-state index is -4.77. The van der Waals surface area contributed by atoms with Crippen LogP contribution >= 0.6 is 7.60 Å². The van der Waals surface area contributed by atoms with Gasteiger partial charge < -0.3 is 9.79 Å². The van der Waals surface area contributed by atoms with E-state index < -0.39 is 24.4 Å². The van der Waals surface area contributed by atoms with E-state index in [1.54, 1.807) is 6.92 Å². The zero-order chi connectivity index (χ0) is 16.4. The first-order valence-electron chi connectivity index (χ1n) is 6.89. The van der Waals surface area contributed by atoms with Crippen molar-refractivity contribution in [3.05, 3.63) is 71.3 Å². The first-order chi connectivity index (χ1) is 10.3. The summed E-state index contributed by atoms with van der Waals surface area (Å²) in [6.07, 6.45) is 0.473. The molecule has 0 saturated carbocycles. The molecule has 0 aliphatic carbocycles. The normalized spacial score (nSPS) is 14.6. The second-order valence-electron chi connectivity index (χ2n) is 5.14. The molecular weight excluding hydrogens is 309 g/mol. The zero-order valence-electron chi connectivity index (χ0n) is 12.0. The lowest BCUT2D eigenvalue weighted by atomic mass is 9.86. The van der Waals surface area contributed by atoms with Crippen molar-refractivity contribution in [2.75, 3.05) is 0 Å². The lowest BCUT2D eigenvalue weighted by molar-refractivity contribution is 0.328. The van der Waals surface area contributed by atoms with Crippen LogP contribution in [0.15, 0.2) is 48.5 Å². The van der Waals surface area contributed by atoms with E-state index in [1.165, 1.54) is 36.4 Å². The largest absolute Gasteiger partial charge is 0.340 e. The lowest BCUT2D eigenvalue weighted by Gasteiger charge is -2.35. The highest BCUT2D eigenvalue weighted by Gasteiger charge is 2.50. The molecule has 0 fully saturated rings. The molecule has 2 aromatic carbocycles. The first-order valence-corrected chi connectivity index (χ1v) is 8.51. The van der Waals surface area contributed by atoms with Gasteiger partial charge in [0.2, 0.25) is 0 Å². The standard InChI is InChI=1S/C16H17F2O3P/c1-2-11-16(22(19,20)21,12-7-9-13(17)10-8-12)14-5-3-4-6-15(14)18/h3-10H,2,11H2,1H3,(H2,19,20,21). The van der Waals surface area contributed by atoms with Gasteiger partial charge in [-0.2, -0.15) is 0 Å². The van der Waals surface area contributed by atoms with Crippen molar-refractivity contribution in [3.8, 4) is 0 Å². The van der Waals surface area contributed by atoms with Crippen molar-refractivity contribution in [3.63, 3.8) is 0 Å². The third-order valence-corrected chi connectivity index (χ3v) is 5.47. The Morgan fingerprint density at radius 1 is 1.05 bits per heavy atom. The van der Waals surface area contributed by atoms with Crippen LogP contribution in [-0.4, -0.2) is 9.79 Å². The van der Waals surface area contributed by atoms with Crippen LogP contribution in [0.2, 0.25) is 0 Å². The third kappa shape index (κ3) is 2.84. The Hall–Kier alpha value is -1.55. The van der Waals surface area contributed by atoms with E-state index in [2.05, 4.69) is 0 Å². The second-order valence-corrected chi connectivity index (χ2v) is 6.99. The maximum absolute atomic E-state index is 14.3. The van der Waals surface area contributed by atoms with Crippen molar-refractivity contribution < 1.29 is 23.1 Å². The molecule has 118 valence electrons. The van der Waals surface area contributed by atoms with Gasteiger partial charge in [-0.25, -0.2) is 8.78 Å². The molecule has 0 amide bonds. The Kier molecular flexibility index (Phi) is 4.81. The Balaban J connectivity index is 2.81. The molecule has 2 aromatic rings. The van der Waals surface area contributed by atoms with Gasteiger partial charge in [0.15, 0.2) is 0 Å². The highest BCUT2D eigenvalue weighted by atomic mass is 31.2. The number of benzene rings is 2. The Morgan fingerprint density at radius 2 is 1.64 bits per heavy atom. The van der Waals surface area contributed by atoms with E-state index in [0.29, 0.717) is 6.42 Å². The molecule has 0 spiro atoms. The lowest BCUT2D eigenvalue weighted by Crippen LogP contribution is -2.29. The highest BCUT2D eigenvalue weighted by molar-refractivity contribution is 7.53. The summed E-state index contributed by atoms with van der Waals surface area (Å²) in [5.41, 5.74) is 0.131. The average Bonchev–Trinajstić information content (AvgIpc) is 2.45. The van der Waals surface area contributed by atoms with E-state index in [-0.39, 0.29) is 17.5 Å². The van der Waals surface area contributed by atoms with Crippen LogP contribution in [0.1, 0.15) is 30.9 Å². The van der Waals surface area contributed by atoms with Gasteiger partial charge in [0.05, 0.1) is 0 Å². The Labute approximate surface area is 127 Å². The van der Waals surface area contributed by atoms with Crippen LogP contribution in [0, 0.1) is 11.6 Å². The molecule has 0 aliphatic heterocycles. The fourth-order valence-corrected chi connectivity index (χ4v) is 4.28. The van der Waals surface area contributed by atoms with Gasteiger partial charge in [-0.1, -0.05) is 43.7 Å². The van der Waals surface area contributed by atoms with Gasteiger partial charge in [0.1, 0.15) is 16.8 Å². The number of hydrogen-bond acceptors (Lipinski definition) is 1. The van der Waals surface area contributed by atoms with Crippen molar-refractivity contribution >= 4 is 7.60 Å². The number of hydrogen-bond donors (Lipinski definition) is 2. The van der Waals surface area contributed by atoms with Crippen molar-refractivity contribution in [1.29, 1.82) is 0 Å². The van der Waals surface area contributed by atoms with Gasteiger partial charge in [-0.3, -0.25) is 4.57 Å². The molecule has 0 heterocycles. The molecule has 3 nitrogen and oxygen atoms in total. The topological polar surface area (TPSA) is 57.5 Å². The van der Waals surface area contributed by atoms with Crippen molar-refractivity contribution in [2.45, 2.75) is 24.9 Å². The summed E-state index contributed by atoms with van der Waals surface area (Å²) in [6.45, 7) is 1.76. The van der Waals surface area contributed by atoms with Gasteiger partial charge in [0.25, 0.3) is 0 Å². The molecule has 0 bridgehead atoms. The van der Waals surface area contributed by atoms with Crippen LogP contribution in [0.3, 0.4) is 0 Å². The van der Waals surface area contributed by atoms with Crippen LogP contribution in [0.5, 0.6) is 0 Å². The summed E-state index contributed by atoms with van der Waals surface area (Å²) in [7, 11) is -4.77. The van der Waals surface area contributed by atoms with Gasteiger partial charge in [-0.05, 0) is 30.2 Å². The molecule has 1 atom stereocenters. The Morgan fingerprint density at radius 3 is 2.14 bits per heavy atom. The summed E-state index contributed by atoms with van der Waals surface area (Å²) in [5, 5.41) is -1.82. The summed E-state index contributed by atoms with van der Waals surface area (Å²) < 4.78 is 39.8. The minimum Gasteiger partial charge on any atom is -0.324 e. The van der Waals surface area contributed by atoms with Gasteiger partial charge >= 0.3 is 7.60 Å². The van der Waals surface area contributed by atoms with Crippen molar-refractivity contribution in [1.82, 2.24) is 0 Å². The first kappa shape index (κ1) is 16.8. The summed E-state index contributed by atoms with van der Waals surface area (Å²) in [4.78, 5) is 20.0. The molecule has 0 aliphatic rings. The average molecular weight is 326 g/mol. The van der Waals surface area contributed by atoms with Crippen LogP contribution in [0.4, 0.5) is 8.78 Å². The second kappa shape index (κ2) is 6.29. The maximum atomic E-state index is 14.3. The molecule has 1 unspecified atom stereocenters. The fourth-order valence-electron chi connectivity index (χ4n) is 2.79. The highest BCUT2D eigenvalue weighted by Crippen LogP contribution is 2.63. The van der Waals surface area contributed by atoms with Crippen LogP contribution < -0.4 is 0 Å². The zero-order valence-corrected chi connectivity index (χ0v) is 12.9. The van der Waals surface area contributed by atoms with E-state index in [9.17, 15) is 23.1 Å². The van der Waals surface area contributed by atoms with Gasteiger partial charge in [-0.15, -0.1) is 0 Å². The smallest absolute Gasteiger partial charge is 0.324 e. The summed E-state index contributed by atoms with van der Waals surface area (Å²) in [6, 6.07) is 10.4. The molecule has 0 radical (unpaired) electrons. The van der Waals surface area contributed by atoms with E-state index in [1.807, 2.05) is 0 Å². The predicted molar refractivity (Wildman–Crippen MR) is 80.5 cm³/mol. The maximum Gasteiger partial charge on any atom is 0.340 e. The van der Waals surface area contributed by atoms with E-state index >= 15 is 0 Å². The quantitative estimate of drug-likeness (QED) is 0.810.